The number of nitrogens with one attached hydrogen (secondary N) is 1. The van der Waals surface area contributed by atoms with Crippen molar-refractivity contribution in [1.29, 1.82) is 0 Å². The van der Waals surface area contributed by atoms with Gasteiger partial charge in [0.2, 0.25) is 0 Å². The summed E-state index contributed by atoms with van der Waals surface area (Å²) in [4.78, 5) is 6.26. The quantitative estimate of drug-likeness (QED) is 0.0615. The van der Waals surface area contributed by atoms with Gasteiger partial charge in [-0.2, -0.15) is 0 Å². The molecule has 0 aliphatic rings. The van der Waals surface area contributed by atoms with Crippen LogP contribution in [-0.2, 0) is 0 Å². The van der Waals surface area contributed by atoms with Gasteiger partial charge in [0, 0.05) is 59.5 Å². The van der Waals surface area contributed by atoms with Crippen molar-refractivity contribution in [1.82, 2.24) is 0 Å². The number of nitrogens with two attached hydrogens (primary N) is 1. The summed E-state index contributed by atoms with van der Waals surface area (Å²) in [6.07, 6.45) is 0. The first-order valence-electron chi connectivity index (χ1n) is 46.5. The first-order chi connectivity index (χ1) is 69.2. The molecule has 0 aliphatic heterocycles. The second-order valence-corrected chi connectivity index (χ2v) is 35.9. The fourth-order valence-corrected chi connectivity index (χ4v) is 20.2. The van der Waals surface area contributed by atoms with Crippen molar-refractivity contribution in [3.8, 4) is 55.6 Å². The molecule has 0 saturated heterocycles. The van der Waals surface area contributed by atoms with Crippen LogP contribution in [0.5, 0.6) is 0 Å². The highest BCUT2D eigenvalue weighted by atomic mass is 127. The number of para-hydroxylation sites is 6. The molecule has 3 N–H and O–H groups in total. The Bertz CT molecular complexity index is 9190. The van der Waals surface area contributed by atoms with Gasteiger partial charge in [0.05, 0.1) is 15.8 Å². The van der Waals surface area contributed by atoms with Crippen LogP contribution in [0.15, 0.2) is 520 Å². The van der Waals surface area contributed by atoms with Gasteiger partial charge in [-0.1, -0.05) is 451 Å². The average molecular weight is 2170 g/mol. The van der Waals surface area contributed by atoms with E-state index >= 15 is 0 Å². The number of nitrogens with zero attached hydrogens (tertiary/aromatic N) is 1. The highest BCUT2D eigenvalue weighted by Crippen LogP contribution is 2.47. The Morgan fingerprint density at radius 3 is 0.936 bits per heavy atom. The summed E-state index contributed by atoms with van der Waals surface area (Å²) in [6.45, 7) is 0. The van der Waals surface area contributed by atoms with Crippen molar-refractivity contribution in [3.63, 3.8) is 0 Å². The molecule has 0 spiro atoms. The van der Waals surface area contributed by atoms with E-state index in [0.717, 1.165) is 103 Å². The number of hydrogen-bond acceptors (Lipinski definition) is 6. The Morgan fingerprint density at radius 2 is 0.511 bits per heavy atom. The monoisotopic (exact) mass is 2170 g/mol. The largest absolute Gasteiger partial charge is 0.455 e. The van der Waals surface area contributed by atoms with Gasteiger partial charge in [-0.3, -0.25) is 0 Å². The molecule has 0 aliphatic carbocycles. The molecule has 27 aromatic rings. The molecule has 680 valence electrons. The van der Waals surface area contributed by atoms with E-state index in [1.54, 1.807) is 0 Å². The summed E-state index contributed by atoms with van der Waals surface area (Å²) in [6, 6.07) is 175. The molecule has 0 unspecified atom stereocenters. The van der Waals surface area contributed by atoms with Gasteiger partial charge >= 0.3 is 0 Å². The first-order valence-corrected chi connectivity index (χ1v) is 52.4. The number of hydrogen-bond donors (Lipinski definition) is 2. The molecule has 0 radical (unpaired) electrons. The third-order valence-corrected chi connectivity index (χ3v) is 27.1. The predicted molar refractivity (Wildman–Crippen MR) is 632 cm³/mol. The van der Waals surface area contributed by atoms with E-state index in [1.165, 1.54) is 147 Å². The predicted octanol–water partition coefficient (Wildman–Crippen LogP) is 40.8. The van der Waals surface area contributed by atoms with Gasteiger partial charge in [-0.05, 0) is 283 Å². The summed E-state index contributed by atoms with van der Waals surface area (Å²) in [5.74, 6) is 0. The van der Waals surface area contributed by atoms with Crippen LogP contribution in [0.4, 0.5) is 34.1 Å². The van der Waals surface area contributed by atoms with Crippen LogP contribution >= 0.6 is 77.0 Å². The lowest BCUT2D eigenvalue weighted by Crippen LogP contribution is -2.10. The maximum absolute atomic E-state index is 6.59. The van der Waals surface area contributed by atoms with Gasteiger partial charge in [0.25, 0.3) is 0 Å². The normalized spacial score (nSPS) is 11.0. The van der Waals surface area contributed by atoms with E-state index in [4.69, 9.17) is 19.0 Å². The minimum atomic E-state index is 0. The molecular formula is C131H95Br2I2N3O3. The highest BCUT2D eigenvalue weighted by molar-refractivity contribution is 14.1. The molecule has 24 aromatic carbocycles. The third kappa shape index (κ3) is 19.0. The minimum absolute atomic E-state index is 0. The Labute approximate surface area is 863 Å². The second-order valence-electron chi connectivity index (χ2n) is 34.1. The Kier molecular flexibility index (Phi) is 28.1. The number of nitrogen functional groups attached to an aromatic ring is 1. The number of furan rings is 3. The number of fused-ring (bicyclic) bond motifs is 20. The SMILES string of the molecule is Brc1ccc(-c2cccc3ccccc23)cc1.Brc1cccc2c1oc1ccccc12.C.CI.CI.Nc1ccc(-c2cc3ccccc3c3ccccc23)cc1.c1ccc2c(-c3ccc(N(c4ccc(-c5cc6ccccc6c6ccccc56)cc4)c4cccc5c4oc4ccccc45)cc3)cccc2c1.c1ccc2c(c1)cc(-c1ccc(Nc3cccc4c3oc3ccccc34)cc1)c1ccccc12. The zero-order valence-electron chi connectivity index (χ0n) is 76.6. The number of anilines is 6. The van der Waals surface area contributed by atoms with Crippen LogP contribution in [0.2, 0.25) is 0 Å². The van der Waals surface area contributed by atoms with E-state index in [9.17, 15) is 0 Å². The topological polar surface area (TPSA) is 80.7 Å². The standard InChI is InChI=1S/C48H31NO.C32H21NO.C20H15N.C16H11Br.C12H7BrO.2CH3I.CH4/c1-3-14-38-32(11-1)13-9-19-39(38)33-23-27-36(28-24-33)49(46-21-10-20-44-43-18-7-8-22-47(43)50-48(44)46)37-29-25-34(26-30-37)45-31-35-12-2-4-15-40(35)41-16-5-6-17-42(41)45;1-2-9-24-22(8-1)20-29(26-11-4-3-10-25(24)26)21-16-18-23(19-17-21)33-30-14-7-13-28-27-12-5-6-15-31(27)34-32(28)30;21-16-11-9-14(10-12-16)20-13-15-5-1-2-6-17(15)18-7-3-4-8-19(18)20;17-14-10-8-13(9-11-14)16-7-3-5-12-4-1-2-6-15(12)16;13-10-6-3-5-9-8-4-1-2-7-11(8)14-12(9)10;2*1-2;/h1-31H;1-20,33H;1-13H,21H2;1-11H;1-7H;2*1H3;1H4. The molecule has 0 fully saturated rings. The Hall–Kier alpha value is -15.4. The van der Waals surface area contributed by atoms with E-state index in [2.05, 4.69) is 512 Å². The van der Waals surface area contributed by atoms with Gasteiger partial charge in [0.15, 0.2) is 11.2 Å². The van der Waals surface area contributed by atoms with E-state index in [1.807, 2.05) is 82.7 Å². The first kappa shape index (κ1) is 93.2. The van der Waals surface area contributed by atoms with Crippen LogP contribution in [0.25, 0.3) is 208 Å². The molecule has 0 saturated carbocycles. The van der Waals surface area contributed by atoms with Crippen molar-refractivity contribution < 1.29 is 13.3 Å². The molecule has 0 bridgehead atoms. The van der Waals surface area contributed by atoms with Crippen molar-refractivity contribution >= 4 is 263 Å². The van der Waals surface area contributed by atoms with Crippen LogP contribution in [0.3, 0.4) is 0 Å². The summed E-state index contributed by atoms with van der Waals surface area (Å²) >= 11 is 11.2. The van der Waals surface area contributed by atoms with Crippen LogP contribution in [0, 0.1) is 0 Å². The molecule has 0 amide bonds. The van der Waals surface area contributed by atoms with Gasteiger partial charge in [0.1, 0.15) is 22.3 Å². The van der Waals surface area contributed by atoms with Crippen molar-refractivity contribution in [2.75, 3.05) is 25.8 Å². The smallest absolute Gasteiger partial charge is 0.159 e. The molecule has 6 nitrogen and oxygen atoms in total. The average Bonchev–Trinajstić information content (AvgIpc) is 1.57. The maximum atomic E-state index is 6.59. The van der Waals surface area contributed by atoms with Crippen LogP contribution in [-0.4, -0.2) is 9.86 Å². The number of halogens is 4. The van der Waals surface area contributed by atoms with Crippen molar-refractivity contribution in [2.45, 2.75) is 7.43 Å². The Balaban J connectivity index is 0.000000115. The molecule has 0 atom stereocenters. The van der Waals surface area contributed by atoms with E-state index in [-0.39, 0.29) is 7.43 Å². The van der Waals surface area contributed by atoms with E-state index in [0.29, 0.717) is 0 Å². The number of rotatable bonds is 10. The zero-order chi connectivity index (χ0) is 94.9. The molecule has 3 heterocycles. The van der Waals surface area contributed by atoms with Crippen LogP contribution < -0.4 is 16.0 Å². The van der Waals surface area contributed by atoms with Gasteiger partial charge < -0.3 is 29.2 Å². The second kappa shape index (κ2) is 42.5. The summed E-state index contributed by atoms with van der Waals surface area (Å²) in [5.41, 5.74) is 29.4. The van der Waals surface area contributed by atoms with E-state index < -0.39 is 0 Å². The minimum Gasteiger partial charge on any atom is -0.455 e. The third-order valence-electron chi connectivity index (χ3n) is 26.0. The fraction of sp³-hybridized carbons (Fsp3) is 0.0229. The molecule has 27 rings (SSSR count). The lowest BCUT2D eigenvalue weighted by molar-refractivity contribution is 0.666. The summed E-state index contributed by atoms with van der Waals surface area (Å²) in [5, 5.41) is 30.8. The summed E-state index contributed by atoms with van der Waals surface area (Å²) in [7, 11) is 0. The molecule has 3 aromatic heterocycles. The molecular weight excluding hydrogens is 2080 g/mol. The molecule has 141 heavy (non-hydrogen) atoms. The molecule has 10 heteroatoms. The summed E-state index contributed by atoms with van der Waals surface area (Å²) < 4.78 is 20.6. The Morgan fingerprint density at radius 1 is 0.227 bits per heavy atom. The van der Waals surface area contributed by atoms with Gasteiger partial charge in [-0.25, -0.2) is 0 Å². The number of alkyl halides is 2. The highest BCUT2D eigenvalue weighted by Gasteiger charge is 2.22. The number of benzene rings is 24. The van der Waals surface area contributed by atoms with Crippen molar-refractivity contribution in [3.05, 3.63) is 506 Å². The van der Waals surface area contributed by atoms with Crippen molar-refractivity contribution in [2.24, 2.45) is 0 Å². The van der Waals surface area contributed by atoms with Gasteiger partial charge in [-0.15, -0.1) is 0 Å². The zero-order valence-corrected chi connectivity index (χ0v) is 84.1. The maximum Gasteiger partial charge on any atom is 0.159 e. The van der Waals surface area contributed by atoms with Crippen LogP contribution in [0.1, 0.15) is 7.43 Å². The lowest BCUT2D eigenvalue weighted by atomic mass is 9.93. The lowest BCUT2D eigenvalue weighted by Gasteiger charge is -2.26. The fourth-order valence-electron chi connectivity index (χ4n) is 19.5.